The van der Waals surface area contributed by atoms with Gasteiger partial charge in [0.25, 0.3) is 0 Å². The van der Waals surface area contributed by atoms with E-state index in [0.717, 1.165) is 27.7 Å². The number of hydrogen-bond donors (Lipinski definition) is 3. The molecule has 0 saturated carbocycles. The molecule has 0 aliphatic carbocycles. The van der Waals surface area contributed by atoms with E-state index >= 15 is 0 Å². The van der Waals surface area contributed by atoms with Crippen molar-refractivity contribution < 1.29 is 62.5 Å². The lowest BCUT2D eigenvalue weighted by atomic mass is 9.96. The van der Waals surface area contributed by atoms with E-state index in [2.05, 4.69) is 5.32 Å². The standard InChI is InChI=1S/C26H37NO13/c1-14(2)27-11-19(32)12-35-20-7-9-21(10-8-20)39-26(33)25(38-18(6)31)24(37-17(5)30)23(36-16(4)29)22(40-26)13-34-15(3)28/h7-10,14,19,22-25,27,32-33H,11-13H2,1-6H3/t19?,22-,23-,24+,25-,26-/m1/s1. The highest BCUT2D eigenvalue weighted by atomic mass is 16.9. The highest BCUT2D eigenvalue weighted by Gasteiger charge is 2.62. The first-order chi connectivity index (χ1) is 18.7. The van der Waals surface area contributed by atoms with Gasteiger partial charge in [-0.3, -0.25) is 19.2 Å². The molecule has 0 bridgehead atoms. The predicted octanol–water partition coefficient (Wildman–Crippen LogP) is 0.206. The van der Waals surface area contributed by atoms with Crippen molar-refractivity contribution >= 4 is 23.9 Å². The zero-order chi connectivity index (χ0) is 30.0. The maximum absolute atomic E-state index is 12.0. The van der Waals surface area contributed by atoms with E-state index in [0.29, 0.717) is 12.3 Å². The van der Waals surface area contributed by atoms with Gasteiger partial charge in [0.15, 0.2) is 12.2 Å². The Bertz CT molecular complexity index is 1010. The fourth-order valence-corrected chi connectivity index (χ4v) is 3.72. The van der Waals surface area contributed by atoms with E-state index in [1.807, 2.05) is 13.8 Å². The lowest BCUT2D eigenvalue weighted by Crippen LogP contribution is -2.70. The topological polar surface area (TPSA) is 185 Å². The van der Waals surface area contributed by atoms with Crippen LogP contribution in [0.15, 0.2) is 24.3 Å². The van der Waals surface area contributed by atoms with Crippen LogP contribution in [0, 0.1) is 0 Å². The number of rotatable bonds is 13. The summed E-state index contributed by atoms with van der Waals surface area (Å²) in [6, 6.07) is 5.99. The lowest BCUT2D eigenvalue weighted by molar-refractivity contribution is -0.421. The number of nitrogens with one attached hydrogen (secondary N) is 1. The number of aliphatic hydroxyl groups excluding tert-OH is 1. The number of aliphatic hydroxyl groups is 2. The Morgan fingerprint density at radius 2 is 1.45 bits per heavy atom. The predicted molar refractivity (Wildman–Crippen MR) is 135 cm³/mol. The minimum absolute atomic E-state index is 0.00720. The van der Waals surface area contributed by atoms with Gasteiger partial charge in [-0.1, -0.05) is 13.8 Å². The van der Waals surface area contributed by atoms with Crippen LogP contribution in [0.2, 0.25) is 0 Å². The van der Waals surface area contributed by atoms with Crippen molar-refractivity contribution in [2.75, 3.05) is 19.8 Å². The molecule has 40 heavy (non-hydrogen) atoms. The van der Waals surface area contributed by atoms with Crippen molar-refractivity contribution in [3.05, 3.63) is 24.3 Å². The molecule has 2 rings (SSSR count). The summed E-state index contributed by atoms with van der Waals surface area (Å²) in [5.41, 5.74) is 0. The van der Waals surface area contributed by atoms with E-state index in [4.69, 9.17) is 33.2 Å². The van der Waals surface area contributed by atoms with Gasteiger partial charge in [-0.05, 0) is 24.3 Å². The molecule has 1 aromatic rings. The fraction of sp³-hybridized carbons (Fsp3) is 0.615. The van der Waals surface area contributed by atoms with Crippen LogP contribution in [-0.2, 0) is 42.9 Å². The van der Waals surface area contributed by atoms with Crippen LogP contribution in [0.25, 0.3) is 0 Å². The molecule has 1 heterocycles. The highest BCUT2D eigenvalue weighted by molar-refractivity contribution is 5.68. The van der Waals surface area contributed by atoms with Crippen molar-refractivity contribution in [1.29, 1.82) is 0 Å². The van der Waals surface area contributed by atoms with Crippen molar-refractivity contribution in [1.82, 2.24) is 5.32 Å². The smallest absolute Gasteiger partial charge is 0.368 e. The average Bonchev–Trinajstić information content (AvgIpc) is 2.84. The van der Waals surface area contributed by atoms with E-state index in [9.17, 15) is 29.4 Å². The molecule has 1 unspecified atom stereocenters. The third-order valence-corrected chi connectivity index (χ3v) is 5.31. The van der Waals surface area contributed by atoms with Crippen molar-refractivity contribution in [3.63, 3.8) is 0 Å². The summed E-state index contributed by atoms with van der Waals surface area (Å²) < 4.78 is 37.7. The van der Waals surface area contributed by atoms with E-state index < -0.39 is 67.0 Å². The number of carbonyl (C=O) groups is 4. The van der Waals surface area contributed by atoms with Gasteiger partial charge in [-0.2, -0.15) is 0 Å². The molecular formula is C26H37NO13. The molecule has 0 spiro atoms. The van der Waals surface area contributed by atoms with Crippen LogP contribution in [0.1, 0.15) is 41.5 Å². The quantitative estimate of drug-likeness (QED) is 0.166. The molecule has 0 amide bonds. The monoisotopic (exact) mass is 571 g/mol. The molecule has 0 radical (unpaired) electrons. The SMILES string of the molecule is CC(=O)OC[C@H]1O[C@](O)(Oc2ccc(OCC(O)CNC(C)C)cc2)[C@H](OC(C)=O)[C@@H](OC(C)=O)[C@@H]1OC(C)=O. The third-order valence-electron chi connectivity index (χ3n) is 5.31. The highest BCUT2D eigenvalue weighted by Crippen LogP contribution is 2.36. The van der Waals surface area contributed by atoms with Gasteiger partial charge in [0.05, 0.1) is 0 Å². The molecule has 1 aromatic carbocycles. The number of esters is 4. The van der Waals surface area contributed by atoms with Gasteiger partial charge in [0.2, 0.25) is 6.10 Å². The molecule has 1 aliphatic rings. The zero-order valence-corrected chi connectivity index (χ0v) is 23.3. The molecule has 14 nitrogen and oxygen atoms in total. The Kier molecular flexibility index (Phi) is 12.1. The van der Waals surface area contributed by atoms with Gasteiger partial charge >= 0.3 is 29.9 Å². The normalized spacial score (nSPS) is 24.9. The van der Waals surface area contributed by atoms with Crippen LogP contribution >= 0.6 is 0 Å². The fourth-order valence-electron chi connectivity index (χ4n) is 3.72. The van der Waals surface area contributed by atoms with Gasteiger partial charge in [0.1, 0.15) is 36.9 Å². The van der Waals surface area contributed by atoms with E-state index in [-0.39, 0.29) is 18.4 Å². The maximum Gasteiger partial charge on any atom is 0.368 e. The average molecular weight is 572 g/mol. The van der Waals surface area contributed by atoms with Crippen LogP contribution in [0.3, 0.4) is 0 Å². The molecule has 1 aliphatic heterocycles. The number of hydrogen-bond acceptors (Lipinski definition) is 14. The molecule has 6 atom stereocenters. The summed E-state index contributed by atoms with van der Waals surface area (Å²) in [6.07, 6.45) is -7.07. The Balaban J connectivity index is 2.33. The second-order valence-corrected chi connectivity index (χ2v) is 9.37. The first-order valence-corrected chi connectivity index (χ1v) is 12.6. The van der Waals surface area contributed by atoms with Crippen LogP contribution < -0.4 is 14.8 Å². The Labute approximate surface area is 231 Å². The number of benzene rings is 1. The Morgan fingerprint density at radius 3 is 1.98 bits per heavy atom. The van der Waals surface area contributed by atoms with E-state index in [1.54, 1.807) is 0 Å². The Morgan fingerprint density at radius 1 is 0.900 bits per heavy atom. The summed E-state index contributed by atoms with van der Waals surface area (Å²) >= 11 is 0. The molecule has 0 aromatic heterocycles. The summed E-state index contributed by atoms with van der Waals surface area (Å²) in [6.45, 7) is 8.02. The van der Waals surface area contributed by atoms with Gasteiger partial charge in [-0.25, -0.2) is 0 Å². The minimum atomic E-state index is -2.80. The van der Waals surface area contributed by atoms with Crippen LogP contribution in [0.4, 0.5) is 0 Å². The maximum atomic E-state index is 12.0. The Hall–Kier alpha value is -3.46. The molecule has 3 N–H and O–H groups in total. The summed E-state index contributed by atoms with van der Waals surface area (Å²) in [5.74, 6) is -5.69. The van der Waals surface area contributed by atoms with Gasteiger partial charge in [0, 0.05) is 40.3 Å². The molecule has 224 valence electrons. The van der Waals surface area contributed by atoms with E-state index in [1.165, 1.54) is 24.3 Å². The molecule has 1 fully saturated rings. The van der Waals surface area contributed by atoms with Crippen molar-refractivity contribution in [2.45, 2.75) is 84.1 Å². The first-order valence-electron chi connectivity index (χ1n) is 12.6. The van der Waals surface area contributed by atoms with Gasteiger partial charge in [-0.15, -0.1) is 0 Å². The lowest BCUT2D eigenvalue weighted by Gasteiger charge is -2.47. The minimum Gasteiger partial charge on any atom is -0.491 e. The number of carbonyl (C=O) groups excluding carboxylic acids is 4. The van der Waals surface area contributed by atoms with Crippen LogP contribution in [0.5, 0.6) is 11.5 Å². The van der Waals surface area contributed by atoms with Crippen molar-refractivity contribution in [3.8, 4) is 11.5 Å². The molecular weight excluding hydrogens is 534 g/mol. The third kappa shape index (κ3) is 10.3. The van der Waals surface area contributed by atoms with Gasteiger partial charge < -0.3 is 48.7 Å². The van der Waals surface area contributed by atoms with Crippen LogP contribution in [-0.4, -0.2) is 96.4 Å². The summed E-state index contributed by atoms with van der Waals surface area (Å²) in [4.78, 5) is 47.2. The molecule has 14 heteroatoms. The second kappa shape index (κ2) is 14.8. The summed E-state index contributed by atoms with van der Waals surface area (Å²) in [5, 5.41) is 24.6. The largest absolute Gasteiger partial charge is 0.491 e. The second-order valence-electron chi connectivity index (χ2n) is 9.37. The van der Waals surface area contributed by atoms with Crippen molar-refractivity contribution in [2.24, 2.45) is 0 Å². The molecule has 1 saturated heterocycles. The zero-order valence-electron chi connectivity index (χ0n) is 23.3. The summed E-state index contributed by atoms with van der Waals surface area (Å²) in [7, 11) is 0. The first kappa shape index (κ1) is 32.8. The number of ether oxygens (including phenoxy) is 7.